The summed E-state index contributed by atoms with van der Waals surface area (Å²) in [5.74, 6) is 0. The average molecular weight is 487 g/mol. The summed E-state index contributed by atoms with van der Waals surface area (Å²) in [5, 5.41) is 4.99. The van der Waals surface area contributed by atoms with E-state index in [1.807, 2.05) is 30.5 Å². The van der Waals surface area contributed by atoms with Crippen LogP contribution < -0.4 is 10.2 Å². The lowest BCUT2D eigenvalue weighted by molar-refractivity contribution is 0.565. The Labute approximate surface area is 211 Å². The quantitative estimate of drug-likeness (QED) is 0.317. The first-order chi connectivity index (χ1) is 16.3. The molecule has 0 radical (unpaired) electrons. The second kappa shape index (κ2) is 8.90. The molecular weight excluding hydrogens is 460 g/mol. The molecule has 0 bridgehead atoms. The van der Waals surface area contributed by atoms with Crippen LogP contribution in [0.1, 0.15) is 45.9 Å². The van der Waals surface area contributed by atoms with Crippen LogP contribution in [0.3, 0.4) is 0 Å². The van der Waals surface area contributed by atoms with Gasteiger partial charge in [0.2, 0.25) is 0 Å². The van der Waals surface area contributed by atoms with Crippen LogP contribution in [0.2, 0.25) is 5.02 Å². The predicted octanol–water partition coefficient (Wildman–Crippen LogP) is 6.94. The molecule has 0 unspecified atom stereocenters. The second-order valence-electron chi connectivity index (χ2n) is 8.92. The van der Waals surface area contributed by atoms with E-state index in [9.17, 15) is 0 Å². The van der Waals surface area contributed by atoms with E-state index in [0.717, 1.165) is 33.5 Å². The van der Waals surface area contributed by atoms with Gasteiger partial charge >= 0.3 is 0 Å². The summed E-state index contributed by atoms with van der Waals surface area (Å²) in [4.78, 5) is 6.91. The first kappa shape index (κ1) is 22.6. The number of nitrogens with one attached hydrogen (secondary N) is 1. The van der Waals surface area contributed by atoms with Gasteiger partial charge in [-0.1, -0.05) is 41.4 Å². The molecule has 34 heavy (non-hydrogen) atoms. The minimum atomic E-state index is -0.0792. The van der Waals surface area contributed by atoms with Crippen molar-refractivity contribution < 1.29 is 0 Å². The Kier molecular flexibility index (Phi) is 5.92. The second-order valence-corrected chi connectivity index (χ2v) is 9.75. The molecule has 2 atom stereocenters. The topological polar surface area (TPSA) is 33.1 Å². The van der Waals surface area contributed by atoms with Crippen molar-refractivity contribution in [2.75, 3.05) is 4.90 Å². The SMILES string of the molecule is Cc1ccc(N2C(=S)N[C@H](c3ccccn3)[C@@H]2c2cc(C)n(-c3cc(Cl)ccc3C)c2C)cc1. The fourth-order valence-corrected chi connectivity index (χ4v) is 5.45. The van der Waals surface area contributed by atoms with Crippen LogP contribution in [-0.2, 0) is 0 Å². The normalized spacial score (nSPS) is 17.8. The highest BCUT2D eigenvalue weighted by atomic mass is 35.5. The molecular formula is C28H27ClN4S. The summed E-state index contributed by atoms with van der Waals surface area (Å²) in [6, 6.07) is 22.7. The van der Waals surface area contributed by atoms with Gasteiger partial charge in [0.05, 0.1) is 17.8 Å². The van der Waals surface area contributed by atoms with Gasteiger partial charge in [-0.2, -0.15) is 0 Å². The van der Waals surface area contributed by atoms with E-state index in [1.165, 1.54) is 16.7 Å². The van der Waals surface area contributed by atoms with Crippen molar-refractivity contribution in [1.29, 1.82) is 0 Å². The Morgan fingerprint density at radius 1 is 0.941 bits per heavy atom. The fraction of sp³-hybridized carbons (Fsp3) is 0.214. The van der Waals surface area contributed by atoms with Crippen molar-refractivity contribution in [3.05, 3.63) is 112 Å². The smallest absolute Gasteiger partial charge is 0.174 e. The molecule has 5 rings (SSSR count). The molecule has 0 aliphatic carbocycles. The van der Waals surface area contributed by atoms with Crippen LogP contribution in [0.4, 0.5) is 5.69 Å². The van der Waals surface area contributed by atoms with E-state index < -0.39 is 0 Å². The number of halogens is 1. The predicted molar refractivity (Wildman–Crippen MR) is 144 cm³/mol. The third kappa shape index (κ3) is 3.89. The number of hydrogen-bond acceptors (Lipinski definition) is 2. The van der Waals surface area contributed by atoms with Crippen molar-refractivity contribution in [2.45, 2.75) is 39.8 Å². The zero-order chi connectivity index (χ0) is 24.0. The van der Waals surface area contributed by atoms with Gasteiger partial charge in [-0.25, -0.2) is 0 Å². The molecule has 3 heterocycles. The highest BCUT2D eigenvalue weighted by Crippen LogP contribution is 2.44. The molecule has 0 saturated carbocycles. The van der Waals surface area contributed by atoms with Crippen LogP contribution in [-0.4, -0.2) is 14.7 Å². The Balaban J connectivity index is 1.70. The van der Waals surface area contributed by atoms with Gasteiger partial charge in [-0.3, -0.25) is 4.98 Å². The molecule has 1 N–H and O–H groups in total. The first-order valence-electron chi connectivity index (χ1n) is 11.4. The van der Waals surface area contributed by atoms with Gasteiger partial charge in [0.15, 0.2) is 5.11 Å². The number of aromatic nitrogens is 2. The van der Waals surface area contributed by atoms with Gasteiger partial charge in [0.25, 0.3) is 0 Å². The van der Waals surface area contributed by atoms with Crippen molar-refractivity contribution in [3.8, 4) is 5.69 Å². The summed E-state index contributed by atoms with van der Waals surface area (Å²) in [7, 11) is 0. The van der Waals surface area contributed by atoms with E-state index in [2.05, 4.69) is 89.9 Å². The number of thiocarbonyl (C=S) groups is 1. The number of nitrogens with zero attached hydrogens (tertiary/aromatic N) is 3. The number of rotatable bonds is 4. The molecule has 1 aliphatic heterocycles. The molecule has 0 spiro atoms. The van der Waals surface area contributed by atoms with Gasteiger partial charge in [-0.15, -0.1) is 0 Å². The van der Waals surface area contributed by atoms with Crippen molar-refractivity contribution in [2.24, 2.45) is 0 Å². The molecule has 6 heteroatoms. The van der Waals surface area contributed by atoms with Crippen molar-refractivity contribution in [3.63, 3.8) is 0 Å². The zero-order valence-corrected chi connectivity index (χ0v) is 21.3. The maximum Gasteiger partial charge on any atom is 0.174 e. The molecule has 2 aromatic carbocycles. The van der Waals surface area contributed by atoms with Gasteiger partial charge in [0, 0.05) is 34.0 Å². The van der Waals surface area contributed by atoms with E-state index in [1.54, 1.807) is 0 Å². The number of pyridine rings is 1. The fourth-order valence-electron chi connectivity index (χ4n) is 4.94. The lowest BCUT2D eigenvalue weighted by Crippen LogP contribution is -2.29. The van der Waals surface area contributed by atoms with E-state index in [0.29, 0.717) is 5.11 Å². The van der Waals surface area contributed by atoms with Gasteiger partial charge in [0.1, 0.15) is 0 Å². The van der Waals surface area contributed by atoms with Crippen LogP contribution in [0.25, 0.3) is 5.69 Å². The lowest BCUT2D eigenvalue weighted by atomic mass is 9.96. The Bertz CT molecular complexity index is 1360. The van der Waals surface area contributed by atoms with E-state index >= 15 is 0 Å². The third-order valence-electron chi connectivity index (χ3n) is 6.61. The number of anilines is 1. The monoisotopic (exact) mass is 486 g/mol. The van der Waals surface area contributed by atoms with Crippen molar-refractivity contribution in [1.82, 2.24) is 14.9 Å². The Morgan fingerprint density at radius 3 is 2.41 bits per heavy atom. The van der Waals surface area contributed by atoms with E-state index in [4.69, 9.17) is 23.8 Å². The third-order valence-corrected chi connectivity index (χ3v) is 7.16. The summed E-state index contributed by atoms with van der Waals surface area (Å²) < 4.78 is 2.29. The molecule has 1 saturated heterocycles. The minimum Gasteiger partial charge on any atom is -0.351 e. The van der Waals surface area contributed by atoms with Gasteiger partial charge in [-0.05, 0) is 93.5 Å². The van der Waals surface area contributed by atoms with E-state index in [-0.39, 0.29) is 12.1 Å². The molecule has 4 nitrogen and oxygen atoms in total. The molecule has 0 amide bonds. The molecule has 1 aliphatic rings. The largest absolute Gasteiger partial charge is 0.351 e. The van der Waals surface area contributed by atoms with Crippen LogP contribution >= 0.6 is 23.8 Å². The summed E-state index contributed by atoms with van der Waals surface area (Å²) >= 11 is 12.3. The maximum absolute atomic E-state index is 6.39. The number of hydrogen-bond donors (Lipinski definition) is 1. The average Bonchev–Trinajstić information content (AvgIpc) is 3.32. The summed E-state index contributed by atoms with van der Waals surface area (Å²) in [5.41, 5.74) is 9.04. The summed E-state index contributed by atoms with van der Waals surface area (Å²) in [6.45, 7) is 8.53. The van der Waals surface area contributed by atoms with Crippen molar-refractivity contribution >= 4 is 34.6 Å². The number of aryl methyl sites for hydroxylation is 3. The minimum absolute atomic E-state index is 0.0513. The first-order valence-corrected chi connectivity index (χ1v) is 12.2. The Hall–Kier alpha value is -3.15. The van der Waals surface area contributed by atoms with Gasteiger partial charge < -0.3 is 14.8 Å². The molecule has 1 fully saturated rings. The van der Waals surface area contributed by atoms with Crippen LogP contribution in [0.15, 0.2) is 72.9 Å². The highest BCUT2D eigenvalue weighted by Gasteiger charge is 2.42. The Morgan fingerprint density at radius 2 is 1.71 bits per heavy atom. The molecule has 4 aromatic rings. The van der Waals surface area contributed by atoms with Crippen LogP contribution in [0, 0.1) is 27.7 Å². The molecule has 172 valence electrons. The zero-order valence-electron chi connectivity index (χ0n) is 19.7. The lowest BCUT2D eigenvalue weighted by Gasteiger charge is -2.28. The standard InChI is InChI=1S/C28H27ClN4S/c1-17-8-12-22(13-9-17)33-27(26(31-28(33)34)24-7-5-6-14-30-24)23-15-19(3)32(20(23)4)25-16-21(29)11-10-18(25)2/h5-16,26-27H,1-4H3,(H,31,34)/t26-,27+/m1/s1. The molecule has 2 aromatic heterocycles. The van der Waals surface area contributed by atoms with Crippen LogP contribution in [0.5, 0.6) is 0 Å². The highest BCUT2D eigenvalue weighted by molar-refractivity contribution is 7.80. The maximum atomic E-state index is 6.39. The number of benzene rings is 2. The summed E-state index contributed by atoms with van der Waals surface area (Å²) in [6.07, 6.45) is 1.84.